The van der Waals surface area contributed by atoms with Crippen LogP contribution in [0.4, 0.5) is 0 Å². The quantitative estimate of drug-likeness (QED) is 0.630. The van der Waals surface area contributed by atoms with Gasteiger partial charge in [0.2, 0.25) is 0 Å². The molecule has 3 nitrogen and oxygen atoms in total. The van der Waals surface area contributed by atoms with Crippen LogP contribution in [0, 0.1) is 23.7 Å². The summed E-state index contributed by atoms with van der Waals surface area (Å²) in [6.45, 7) is 1.97. The van der Waals surface area contributed by atoms with Crippen molar-refractivity contribution in [1.29, 1.82) is 0 Å². The average Bonchev–Trinajstić information content (AvgIpc) is 3.11. The van der Waals surface area contributed by atoms with Gasteiger partial charge < -0.3 is 16.0 Å². The van der Waals surface area contributed by atoms with Crippen LogP contribution in [0.5, 0.6) is 0 Å². The molecule has 0 radical (unpaired) electrons. The van der Waals surface area contributed by atoms with Gasteiger partial charge in [0.25, 0.3) is 0 Å². The van der Waals surface area contributed by atoms with Crippen molar-refractivity contribution in [2.75, 3.05) is 13.1 Å². The number of nitrogens with one attached hydrogen (secondary N) is 1. The predicted octanol–water partition coefficient (Wildman–Crippen LogP) is 5.10. The van der Waals surface area contributed by atoms with Crippen molar-refractivity contribution in [3.63, 3.8) is 0 Å². The average molecular weight is 414 g/mol. The van der Waals surface area contributed by atoms with E-state index in [2.05, 4.69) is 64.9 Å². The molecule has 162 valence electrons. The van der Waals surface area contributed by atoms with E-state index in [9.17, 15) is 0 Å². The molecule has 6 aliphatic rings. The van der Waals surface area contributed by atoms with E-state index < -0.39 is 0 Å². The van der Waals surface area contributed by atoms with Gasteiger partial charge in [0, 0.05) is 29.1 Å². The largest absolute Gasteiger partial charge is 0.330 e. The Morgan fingerprint density at radius 3 is 2.81 bits per heavy atom. The van der Waals surface area contributed by atoms with Crippen LogP contribution in [0.3, 0.4) is 0 Å². The van der Waals surface area contributed by atoms with E-state index in [1.807, 2.05) is 0 Å². The first-order chi connectivity index (χ1) is 15.3. The molecule has 0 aromatic heterocycles. The Hall–Kier alpha value is -2.10. The number of allylic oxidation sites excluding steroid dienone is 11. The van der Waals surface area contributed by atoms with Gasteiger partial charge in [-0.2, -0.15) is 0 Å². The van der Waals surface area contributed by atoms with Gasteiger partial charge >= 0.3 is 0 Å². The van der Waals surface area contributed by atoms with E-state index in [-0.39, 0.29) is 0 Å². The number of nitrogens with zero attached hydrogens (tertiary/aromatic N) is 1. The Labute approximate surface area is 186 Å². The minimum Gasteiger partial charge on any atom is -0.330 e. The molecule has 31 heavy (non-hydrogen) atoms. The number of fused-ring (bicyclic) bond motifs is 3. The van der Waals surface area contributed by atoms with Crippen LogP contribution in [-0.2, 0) is 0 Å². The summed E-state index contributed by atoms with van der Waals surface area (Å²) in [7, 11) is 0. The molecular formula is C28H35N3. The zero-order valence-corrected chi connectivity index (χ0v) is 18.5. The monoisotopic (exact) mass is 413 g/mol. The first-order valence-corrected chi connectivity index (χ1v) is 12.4. The van der Waals surface area contributed by atoms with Crippen LogP contribution >= 0.6 is 0 Å². The van der Waals surface area contributed by atoms with Crippen LogP contribution in [0.2, 0.25) is 0 Å². The van der Waals surface area contributed by atoms with Gasteiger partial charge in [-0.3, -0.25) is 0 Å². The highest BCUT2D eigenvalue weighted by Crippen LogP contribution is 2.51. The Balaban J connectivity index is 1.36. The van der Waals surface area contributed by atoms with Gasteiger partial charge in [-0.05, 0) is 99.1 Å². The van der Waals surface area contributed by atoms with E-state index in [1.165, 1.54) is 41.9 Å². The van der Waals surface area contributed by atoms with Crippen LogP contribution in [0.15, 0.2) is 82.9 Å². The standard InChI is InChI=1S/C28H35N3/c29-18-19-5-4-6-20(15-19)21-9-11-24-25-12-10-22(26-13-14-30-26)17-28(25)31(27(24)16-21)23-7-2-1-3-8-23/h1-2,4,6-7,10-11,16-17,19-21,25-26,30H,3,5,8-9,12-15,18,29H2. The molecule has 0 saturated carbocycles. The molecular weight excluding hydrogens is 378 g/mol. The van der Waals surface area contributed by atoms with Crippen molar-refractivity contribution in [1.82, 2.24) is 10.2 Å². The van der Waals surface area contributed by atoms with E-state index >= 15 is 0 Å². The van der Waals surface area contributed by atoms with Gasteiger partial charge in [0.1, 0.15) is 0 Å². The summed E-state index contributed by atoms with van der Waals surface area (Å²) < 4.78 is 0. The zero-order chi connectivity index (χ0) is 20.8. The highest BCUT2D eigenvalue weighted by atomic mass is 15.2. The molecule has 4 aliphatic carbocycles. The summed E-state index contributed by atoms with van der Waals surface area (Å²) in [5, 5.41) is 3.61. The topological polar surface area (TPSA) is 41.3 Å². The Kier molecular flexibility index (Phi) is 5.12. The Morgan fingerprint density at radius 1 is 1.10 bits per heavy atom. The lowest BCUT2D eigenvalue weighted by Crippen LogP contribution is -2.44. The van der Waals surface area contributed by atoms with E-state index in [0.717, 1.165) is 38.8 Å². The minimum absolute atomic E-state index is 0.529. The lowest BCUT2D eigenvalue weighted by Gasteiger charge is -2.34. The molecule has 2 aliphatic heterocycles. The zero-order valence-electron chi connectivity index (χ0n) is 18.5. The number of nitrogens with two attached hydrogens (primary N) is 1. The molecule has 5 unspecified atom stereocenters. The lowest BCUT2D eigenvalue weighted by atomic mass is 9.75. The summed E-state index contributed by atoms with van der Waals surface area (Å²) in [4.78, 5) is 2.64. The Morgan fingerprint density at radius 2 is 2.03 bits per heavy atom. The van der Waals surface area contributed by atoms with Crippen molar-refractivity contribution in [3.05, 3.63) is 82.9 Å². The van der Waals surface area contributed by atoms with Gasteiger partial charge in [0.15, 0.2) is 0 Å². The number of likely N-dealkylation sites (tertiary alicyclic amines) is 1. The van der Waals surface area contributed by atoms with E-state index in [4.69, 9.17) is 5.73 Å². The minimum atomic E-state index is 0.529. The normalized spacial score (nSPS) is 36.5. The van der Waals surface area contributed by atoms with Gasteiger partial charge in [-0.15, -0.1) is 0 Å². The third-order valence-corrected chi connectivity index (χ3v) is 8.26. The SMILES string of the molecule is NCC1CC=CC(C2C=C3C(=CC2)C2CC=C(C4CCN4)C=C2N3C2=CC=CCC2)C1. The second kappa shape index (κ2) is 8.11. The maximum atomic E-state index is 6.03. The number of hydrogen-bond donors (Lipinski definition) is 2. The van der Waals surface area contributed by atoms with E-state index in [1.54, 1.807) is 5.57 Å². The molecule has 0 aromatic rings. The van der Waals surface area contributed by atoms with Crippen LogP contribution in [0.25, 0.3) is 0 Å². The first-order valence-electron chi connectivity index (χ1n) is 12.4. The second-order valence-corrected chi connectivity index (χ2v) is 10.1. The summed E-state index contributed by atoms with van der Waals surface area (Å²) in [6, 6.07) is 0.564. The summed E-state index contributed by atoms with van der Waals surface area (Å²) in [6.07, 6.45) is 30.2. The van der Waals surface area contributed by atoms with E-state index in [0.29, 0.717) is 29.7 Å². The molecule has 0 amide bonds. The molecule has 0 spiro atoms. The fraction of sp³-hybridized carbons (Fsp3) is 0.500. The van der Waals surface area contributed by atoms with Crippen molar-refractivity contribution in [2.45, 2.75) is 51.0 Å². The van der Waals surface area contributed by atoms with Gasteiger partial charge in [-0.25, -0.2) is 0 Å². The highest BCUT2D eigenvalue weighted by molar-refractivity contribution is 5.55. The molecule has 2 heterocycles. The molecule has 6 rings (SSSR count). The summed E-state index contributed by atoms with van der Waals surface area (Å²) in [5.41, 5.74) is 13.6. The van der Waals surface area contributed by atoms with Crippen molar-refractivity contribution < 1.29 is 0 Å². The fourth-order valence-corrected chi connectivity index (χ4v) is 6.34. The summed E-state index contributed by atoms with van der Waals surface area (Å²) in [5.74, 6) is 2.39. The second-order valence-electron chi connectivity index (χ2n) is 10.1. The van der Waals surface area contributed by atoms with Crippen LogP contribution in [0.1, 0.15) is 44.9 Å². The van der Waals surface area contributed by atoms with Gasteiger partial charge in [0.05, 0.1) is 0 Å². The predicted molar refractivity (Wildman–Crippen MR) is 128 cm³/mol. The molecule has 0 aromatic carbocycles. The smallest absolute Gasteiger partial charge is 0.0454 e. The van der Waals surface area contributed by atoms with Crippen molar-refractivity contribution in [2.24, 2.45) is 29.4 Å². The van der Waals surface area contributed by atoms with Crippen molar-refractivity contribution in [3.8, 4) is 0 Å². The first kappa shape index (κ1) is 19.6. The third kappa shape index (κ3) is 3.43. The number of hydrogen-bond acceptors (Lipinski definition) is 3. The molecule has 2 fully saturated rings. The van der Waals surface area contributed by atoms with Crippen LogP contribution < -0.4 is 11.1 Å². The number of rotatable bonds is 4. The molecule has 3 N–H and O–H groups in total. The molecule has 2 saturated heterocycles. The molecule has 3 heteroatoms. The molecule has 5 atom stereocenters. The maximum Gasteiger partial charge on any atom is 0.0454 e. The Bertz CT molecular complexity index is 953. The van der Waals surface area contributed by atoms with Crippen LogP contribution in [-0.4, -0.2) is 24.0 Å². The third-order valence-electron chi connectivity index (χ3n) is 8.26. The summed E-state index contributed by atoms with van der Waals surface area (Å²) >= 11 is 0. The highest BCUT2D eigenvalue weighted by Gasteiger charge is 2.42. The maximum absolute atomic E-state index is 6.03. The van der Waals surface area contributed by atoms with Gasteiger partial charge in [-0.1, -0.05) is 42.5 Å². The lowest BCUT2D eigenvalue weighted by molar-refractivity contribution is 0.340. The van der Waals surface area contributed by atoms with Crippen molar-refractivity contribution >= 4 is 0 Å². The molecule has 0 bridgehead atoms. The fourth-order valence-electron chi connectivity index (χ4n) is 6.34.